The lowest BCUT2D eigenvalue weighted by Gasteiger charge is -2.32. The molecule has 2 nitrogen and oxygen atoms in total. The molecule has 0 amide bonds. The van der Waals surface area contributed by atoms with E-state index >= 15 is 0 Å². The van der Waals surface area contributed by atoms with Crippen molar-refractivity contribution in [2.45, 2.75) is 39.7 Å². The topological polar surface area (TPSA) is 24.9 Å². The van der Waals surface area contributed by atoms with Crippen LogP contribution in [0.2, 0.25) is 0 Å². The molecule has 0 fully saturated rings. The van der Waals surface area contributed by atoms with E-state index in [-0.39, 0.29) is 5.54 Å². The van der Waals surface area contributed by atoms with E-state index in [1.807, 2.05) is 19.2 Å². The van der Waals surface area contributed by atoms with Crippen LogP contribution in [-0.2, 0) is 5.54 Å². The molecule has 0 spiro atoms. The van der Waals surface area contributed by atoms with Crippen LogP contribution in [0.3, 0.4) is 0 Å². The molecule has 0 bridgehead atoms. The minimum Gasteiger partial charge on any atom is -0.379 e. The summed E-state index contributed by atoms with van der Waals surface area (Å²) >= 11 is 1.79. The van der Waals surface area contributed by atoms with Gasteiger partial charge in [-0.3, -0.25) is 4.98 Å². The smallest absolute Gasteiger partial charge is 0.0725 e. The van der Waals surface area contributed by atoms with E-state index in [1.165, 1.54) is 16.0 Å². The van der Waals surface area contributed by atoms with Crippen LogP contribution in [0.4, 0.5) is 0 Å². The zero-order chi connectivity index (χ0) is 16.3. The number of allylic oxidation sites excluding steroid dienone is 1. The fourth-order valence-corrected chi connectivity index (χ4v) is 4.24. The van der Waals surface area contributed by atoms with Crippen molar-refractivity contribution < 1.29 is 0 Å². The third kappa shape index (κ3) is 3.47. The van der Waals surface area contributed by atoms with Crippen LogP contribution in [0.5, 0.6) is 0 Å². The molecule has 22 heavy (non-hydrogen) atoms. The zero-order valence-electron chi connectivity index (χ0n) is 13.9. The van der Waals surface area contributed by atoms with Gasteiger partial charge in [-0.15, -0.1) is 17.9 Å². The van der Waals surface area contributed by atoms with Gasteiger partial charge < -0.3 is 5.32 Å². The first-order chi connectivity index (χ1) is 10.3. The van der Waals surface area contributed by atoms with Gasteiger partial charge in [-0.25, -0.2) is 0 Å². The summed E-state index contributed by atoms with van der Waals surface area (Å²) in [5.74, 6) is 0. The van der Waals surface area contributed by atoms with Crippen LogP contribution >= 0.6 is 11.3 Å². The van der Waals surface area contributed by atoms with Crippen molar-refractivity contribution in [1.82, 2.24) is 10.3 Å². The molecule has 2 aromatic rings. The minimum absolute atomic E-state index is 0.174. The quantitative estimate of drug-likeness (QED) is 0.720. The highest BCUT2D eigenvalue weighted by atomic mass is 32.1. The molecular weight excluding hydrogens is 288 g/mol. The standard InChI is InChI=1S/C19H24N2S/c1-13(2)10-19(6,21-14(3)4)18-15(5)17(12-22-18)16-8-7-9-20-11-16/h7-9,11-12,21H,1,3,10H2,2,4-6H3/t19-/m0/s1. The van der Waals surface area contributed by atoms with Gasteiger partial charge in [-0.05, 0) is 56.7 Å². The Labute approximate surface area is 137 Å². The van der Waals surface area contributed by atoms with Crippen molar-refractivity contribution in [3.05, 3.63) is 64.8 Å². The summed E-state index contributed by atoms with van der Waals surface area (Å²) in [7, 11) is 0. The number of rotatable bonds is 6. The fraction of sp³-hybridized carbons (Fsp3) is 0.316. The summed E-state index contributed by atoms with van der Waals surface area (Å²) in [6.07, 6.45) is 4.61. The van der Waals surface area contributed by atoms with Crippen molar-refractivity contribution in [2.24, 2.45) is 0 Å². The summed E-state index contributed by atoms with van der Waals surface area (Å²) in [5, 5.41) is 5.77. The molecule has 0 aliphatic carbocycles. The van der Waals surface area contributed by atoms with E-state index in [2.05, 4.69) is 55.7 Å². The van der Waals surface area contributed by atoms with Crippen molar-refractivity contribution in [3.63, 3.8) is 0 Å². The Kier molecular flexibility index (Phi) is 4.87. The van der Waals surface area contributed by atoms with E-state index in [9.17, 15) is 0 Å². The van der Waals surface area contributed by atoms with Gasteiger partial charge in [0.15, 0.2) is 0 Å². The summed E-state index contributed by atoms with van der Waals surface area (Å²) in [5.41, 5.74) is 5.68. The maximum absolute atomic E-state index is 4.23. The Bertz CT molecular complexity index is 667. The molecule has 0 unspecified atom stereocenters. The minimum atomic E-state index is -0.174. The SMILES string of the molecule is C=C(C)C[C@](C)(NC(=C)C)c1scc(-c2cccnc2)c1C. The number of nitrogens with one attached hydrogen (secondary N) is 1. The second-order valence-electron chi connectivity index (χ2n) is 6.22. The van der Waals surface area contributed by atoms with Crippen LogP contribution in [0.15, 0.2) is 54.3 Å². The lowest BCUT2D eigenvalue weighted by molar-refractivity contribution is 0.408. The van der Waals surface area contributed by atoms with Crippen LogP contribution < -0.4 is 5.32 Å². The van der Waals surface area contributed by atoms with Gasteiger partial charge in [0.2, 0.25) is 0 Å². The van der Waals surface area contributed by atoms with Crippen molar-refractivity contribution >= 4 is 11.3 Å². The number of hydrogen-bond donors (Lipinski definition) is 1. The molecule has 2 rings (SSSR count). The highest BCUT2D eigenvalue weighted by molar-refractivity contribution is 7.10. The van der Waals surface area contributed by atoms with Crippen molar-refractivity contribution in [1.29, 1.82) is 0 Å². The van der Waals surface area contributed by atoms with Gasteiger partial charge in [-0.1, -0.05) is 18.2 Å². The average Bonchev–Trinajstić information content (AvgIpc) is 2.80. The predicted octanol–water partition coefficient (Wildman–Crippen LogP) is 5.42. The first kappa shape index (κ1) is 16.5. The molecule has 1 N–H and O–H groups in total. The number of hydrogen-bond acceptors (Lipinski definition) is 3. The monoisotopic (exact) mass is 312 g/mol. The number of thiophene rings is 1. The third-order valence-corrected chi connectivity index (χ3v) is 5.00. The second-order valence-corrected chi connectivity index (χ2v) is 7.10. The van der Waals surface area contributed by atoms with Gasteiger partial charge >= 0.3 is 0 Å². The van der Waals surface area contributed by atoms with Gasteiger partial charge in [0, 0.05) is 28.5 Å². The Morgan fingerprint density at radius 2 is 2.09 bits per heavy atom. The lowest BCUT2D eigenvalue weighted by atomic mass is 9.88. The zero-order valence-corrected chi connectivity index (χ0v) is 14.7. The van der Waals surface area contributed by atoms with Crippen LogP contribution in [0.1, 0.15) is 37.6 Å². The maximum Gasteiger partial charge on any atom is 0.0725 e. The van der Waals surface area contributed by atoms with Gasteiger partial charge in [0.25, 0.3) is 0 Å². The van der Waals surface area contributed by atoms with E-state index in [4.69, 9.17) is 0 Å². The Balaban J connectivity index is 2.48. The highest BCUT2D eigenvalue weighted by Crippen LogP contribution is 2.40. The Morgan fingerprint density at radius 3 is 2.64 bits per heavy atom. The van der Waals surface area contributed by atoms with Crippen LogP contribution in [0.25, 0.3) is 11.1 Å². The van der Waals surface area contributed by atoms with Crippen LogP contribution in [-0.4, -0.2) is 4.98 Å². The molecule has 116 valence electrons. The molecule has 0 saturated heterocycles. The lowest BCUT2D eigenvalue weighted by Crippen LogP contribution is -2.38. The summed E-state index contributed by atoms with van der Waals surface area (Å²) in [6, 6.07) is 4.08. The molecule has 0 saturated carbocycles. The normalized spacial score (nSPS) is 13.5. The largest absolute Gasteiger partial charge is 0.379 e. The number of nitrogens with zero attached hydrogens (tertiary/aromatic N) is 1. The molecule has 2 aromatic heterocycles. The number of aromatic nitrogens is 1. The molecule has 0 aliphatic rings. The number of pyridine rings is 1. The molecule has 0 radical (unpaired) electrons. The third-order valence-electron chi connectivity index (χ3n) is 3.66. The Hall–Kier alpha value is -1.87. The van der Waals surface area contributed by atoms with E-state index in [1.54, 1.807) is 17.5 Å². The molecule has 0 aliphatic heterocycles. The summed E-state index contributed by atoms with van der Waals surface area (Å²) in [4.78, 5) is 5.56. The van der Waals surface area contributed by atoms with Crippen LogP contribution in [0, 0.1) is 6.92 Å². The summed E-state index contributed by atoms with van der Waals surface area (Å²) in [6.45, 7) is 16.6. The van der Waals surface area contributed by atoms with Crippen molar-refractivity contribution in [3.8, 4) is 11.1 Å². The first-order valence-corrected chi connectivity index (χ1v) is 8.28. The van der Waals surface area contributed by atoms with Gasteiger partial charge in [-0.2, -0.15) is 0 Å². The second kappa shape index (κ2) is 6.49. The molecular formula is C19H24N2S. The fourth-order valence-electron chi connectivity index (χ4n) is 3.02. The molecule has 0 aromatic carbocycles. The van der Waals surface area contributed by atoms with E-state index in [0.717, 1.165) is 23.3 Å². The van der Waals surface area contributed by atoms with Gasteiger partial charge in [0.1, 0.15) is 0 Å². The van der Waals surface area contributed by atoms with E-state index < -0.39 is 0 Å². The highest BCUT2D eigenvalue weighted by Gasteiger charge is 2.30. The maximum atomic E-state index is 4.23. The summed E-state index contributed by atoms with van der Waals surface area (Å²) < 4.78 is 0. The van der Waals surface area contributed by atoms with Crippen molar-refractivity contribution in [2.75, 3.05) is 0 Å². The Morgan fingerprint density at radius 1 is 1.36 bits per heavy atom. The first-order valence-electron chi connectivity index (χ1n) is 7.40. The molecule has 2 heterocycles. The van der Waals surface area contributed by atoms with E-state index in [0.29, 0.717) is 0 Å². The average molecular weight is 312 g/mol. The van der Waals surface area contributed by atoms with Gasteiger partial charge in [0.05, 0.1) is 5.54 Å². The predicted molar refractivity (Wildman–Crippen MR) is 97.0 cm³/mol. The molecule has 3 heteroatoms. The molecule has 1 atom stereocenters.